The van der Waals surface area contributed by atoms with Gasteiger partial charge in [0.15, 0.2) is 0 Å². The summed E-state index contributed by atoms with van der Waals surface area (Å²) >= 11 is 0. The highest BCUT2D eigenvalue weighted by Gasteiger charge is 2.19. The van der Waals surface area contributed by atoms with Crippen LogP contribution in [0.1, 0.15) is 43.4 Å². The number of hydrogen-bond donors (Lipinski definition) is 0. The fourth-order valence-electron chi connectivity index (χ4n) is 2.24. The number of rotatable bonds is 2. The van der Waals surface area contributed by atoms with Crippen molar-refractivity contribution in [3.8, 4) is 0 Å². The number of aromatic nitrogens is 1. The summed E-state index contributed by atoms with van der Waals surface area (Å²) in [5.41, 5.74) is 2.81. The summed E-state index contributed by atoms with van der Waals surface area (Å²) in [6.45, 7) is 2.09. The SMILES string of the molecule is CC=CCC1CCCc2cccnc21. The molecule has 0 saturated heterocycles. The lowest BCUT2D eigenvalue weighted by molar-refractivity contribution is 0.542. The van der Waals surface area contributed by atoms with Gasteiger partial charge < -0.3 is 0 Å². The first-order valence-corrected chi connectivity index (χ1v) is 5.46. The van der Waals surface area contributed by atoms with Crippen LogP contribution in [0.2, 0.25) is 0 Å². The fraction of sp³-hybridized carbons (Fsp3) is 0.462. The van der Waals surface area contributed by atoms with Crippen LogP contribution in [0.3, 0.4) is 0 Å². The molecule has 1 heterocycles. The van der Waals surface area contributed by atoms with Gasteiger partial charge in [-0.15, -0.1) is 0 Å². The van der Waals surface area contributed by atoms with Crippen LogP contribution in [-0.4, -0.2) is 4.98 Å². The van der Waals surface area contributed by atoms with Crippen molar-refractivity contribution < 1.29 is 0 Å². The summed E-state index contributed by atoms with van der Waals surface area (Å²) in [4.78, 5) is 4.52. The van der Waals surface area contributed by atoms with Crippen molar-refractivity contribution in [3.05, 3.63) is 41.7 Å². The van der Waals surface area contributed by atoms with Gasteiger partial charge in [0.05, 0.1) is 0 Å². The smallest absolute Gasteiger partial charge is 0.0469 e. The molecule has 14 heavy (non-hydrogen) atoms. The largest absolute Gasteiger partial charge is 0.261 e. The molecule has 2 rings (SSSR count). The van der Waals surface area contributed by atoms with E-state index in [2.05, 4.69) is 36.2 Å². The van der Waals surface area contributed by atoms with Gasteiger partial charge in [0.2, 0.25) is 0 Å². The van der Waals surface area contributed by atoms with Gasteiger partial charge in [-0.2, -0.15) is 0 Å². The van der Waals surface area contributed by atoms with Gasteiger partial charge in [-0.3, -0.25) is 4.98 Å². The van der Waals surface area contributed by atoms with Crippen LogP contribution >= 0.6 is 0 Å². The van der Waals surface area contributed by atoms with Crippen LogP contribution in [0.4, 0.5) is 0 Å². The number of fused-ring (bicyclic) bond motifs is 1. The van der Waals surface area contributed by atoms with Crippen LogP contribution in [0, 0.1) is 0 Å². The second-order valence-corrected chi connectivity index (χ2v) is 3.94. The Bertz CT molecular complexity index is 328. The zero-order valence-electron chi connectivity index (χ0n) is 8.74. The van der Waals surface area contributed by atoms with Crippen LogP contribution in [0.25, 0.3) is 0 Å². The second kappa shape index (κ2) is 4.41. The van der Waals surface area contributed by atoms with Crippen LogP contribution in [0.5, 0.6) is 0 Å². The molecule has 1 heteroatoms. The number of hydrogen-bond acceptors (Lipinski definition) is 1. The summed E-state index contributed by atoms with van der Waals surface area (Å²) in [5.74, 6) is 0.663. The zero-order valence-corrected chi connectivity index (χ0v) is 8.74. The standard InChI is InChI=1S/C13H17N/c1-2-3-6-11-7-4-8-12-9-5-10-14-13(11)12/h2-3,5,9-11H,4,6-8H2,1H3. The lowest BCUT2D eigenvalue weighted by Gasteiger charge is -2.22. The number of nitrogens with zero attached hydrogens (tertiary/aromatic N) is 1. The zero-order chi connectivity index (χ0) is 9.80. The molecule has 0 amide bonds. The minimum absolute atomic E-state index is 0.663. The third kappa shape index (κ3) is 1.87. The van der Waals surface area contributed by atoms with E-state index in [4.69, 9.17) is 0 Å². The molecule has 1 atom stereocenters. The second-order valence-electron chi connectivity index (χ2n) is 3.94. The van der Waals surface area contributed by atoms with E-state index in [1.54, 1.807) is 0 Å². The van der Waals surface area contributed by atoms with Gasteiger partial charge in [-0.1, -0.05) is 18.2 Å². The lowest BCUT2D eigenvalue weighted by atomic mass is 9.84. The summed E-state index contributed by atoms with van der Waals surface area (Å²) in [7, 11) is 0. The molecule has 74 valence electrons. The maximum Gasteiger partial charge on any atom is 0.0469 e. The fourth-order valence-corrected chi connectivity index (χ4v) is 2.24. The average Bonchev–Trinajstić information content (AvgIpc) is 2.26. The van der Waals surface area contributed by atoms with E-state index in [0.29, 0.717) is 5.92 Å². The highest BCUT2D eigenvalue weighted by atomic mass is 14.7. The molecule has 0 aromatic carbocycles. The first kappa shape index (κ1) is 9.45. The third-order valence-electron chi connectivity index (χ3n) is 2.97. The number of aryl methyl sites for hydroxylation is 1. The molecule has 0 N–H and O–H groups in total. The van der Waals surface area contributed by atoms with Gasteiger partial charge in [-0.25, -0.2) is 0 Å². The Morgan fingerprint density at radius 1 is 1.57 bits per heavy atom. The molecule has 1 aliphatic carbocycles. The van der Waals surface area contributed by atoms with Crippen molar-refractivity contribution in [2.24, 2.45) is 0 Å². The minimum Gasteiger partial charge on any atom is -0.261 e. The molecule has 1 aromatic rings. The first-order valence-electron chi connectivity index (χ1n) is 5.46. The van der Waals surface area contributed by atoms with Crippen LogP contribution < -0.4 is 0 Å². The van der Waals surface area contributed by atoms with Crippen molar-refractivity contribution in [2.45, 2.75) is 38.5 Å². The van der Waals surface area contributed by atoms with Crippen molar-refractivity contribution in [3.63, 3.8) is 0 Å². The molecular weight excluding hydrogens is 170 g/mol. The molecule has 0 fully saturated rings. The number of allylic oxidation sites excluding steroid dienone is 2. The van der Waals surface area contributed by atoms with E-state index in [1.165, 1.54) is 30.5 Å². The Morgan fingerprint density at radius 2 is 2.50 bits per heavy atom. The van der Waals surface area contributed by atoms with Gasteiger partial charge in [0.1, 0.15) is 0 Å². The number of pyridine rings is 1. The molecule has 1 aromatic heterocycles. The summed E-state index contributed by atoms with van der Waals surface area (Å²) in [5, 5.41) is 0. The summed E-state index contributed by atoms with van der Waals surface area (Å²) < 4.78 is 0. The molecule has 0 aliphatic heterocycles. The van der Waals surface area contributed by atoms with Gasteiger partial charge in [0.25, 0.3) is 0 Å². The Morgan fingerprint density at radius 3 is 3.36 bits per heavy atom. The normalized spacial score (nSPS) is 21.1. The molecule has 1 nitrogen and oxygen atoms in total. The van der Waals surface area contributed by atoms with E-state index in [0.717, 1.165) is 6.42 Å². The molecule has 0 saturated carbocycles. The third-order valence-corrected chi connectivity index (χ3v) is 2.97. The first-order chi connectivity index (χ1) is 6.92. The van der Waals surface area contributed by atoms with Crippen LogP contribution in [-0.2, 0) is 6.42 Å². The average molecular weight is 187 g/mol. The molecular formula is C13H17N. The molecule has 1 aliphatic rings. The Hall–Kier alpha value is -1.11. The summed E-state index contributed by atoms with van der Waals surface area (Å²) in [6, 6.07) is 4.28. The molecule has 0 radical (unpaired) electrons. The highest BCUT2D eigenvalue weighted by molar-refractivity contribution is 5.26. The highest BCUT2D eigenvalue weighted by Crippen LogP contribution is 2.32. The molecule has 1 unspecified atom stereocenters. The van der Waals surface area contributed by atoms with Crippen molar-refractivity contribution in [1.82, 2.24) is 4.98 Å². The van der Waals surface area contributed by atoms with Crippen molar-refractivity contribution in [2.75, 3.05) is 0 Å². The van der Waals surface area contributed by atoms with E-state index >= 15 is 0 Å². The quantitative estimate of drug-likeness (QED) is 0.646. The van der Waals surface area contributed by atoms with Gasteiger partial charge >= 0.3 is 0 Å². The molecule has 0 spiro atoms. The lowest BCUT2D eigenvalue weighted by Crippen LogP contribution is -2.10. The van der Waals surface area contributed by atoms with E-state index < -0.39 is 0 Å². The maximum atomic E-state index is 4.52. The predicted molar refractivity (Wildman–Crippen MR) is 59.3 cm³/mol. The van der Waals surface area contributed by atoms with Crippen molar-refractivity contribution in [1.29, 1.82) is 0 Å². The monoisotopic (exact) mass is 187 g/mol. The Kier molecular flexibility index (Phi) is 2.97. The van der Waals surface area contributed by atoms with E-state index in [-0.39, 0.29) is 0 Å². The Balaban J connectivity index is 2.22. The van der Waals surface area contributed by atoms with Gasteiger partial charge in [-0.05, 0) is 44.2 Å². The topological polar surface area (TPSA) is 12.9 Å². The summed E-state index contributed by atoms with van der Waals surface area (Å²) in [6.07, 6.45) is 11.3. The molecule has 0 bridgehead atoms. The Labute approximate surface area is 85.9 Å². The maximum absolute atomic E-state index is 4.52. The van der Waals surface area contributed by atoms with E-state index in [1.807, 2.05) is 6.20 Å². The van der Waals surface area contributed by atoms with Gasteiger partial charge in [0, 0.05) is 17.8 Å². The van der Waals surface area contributed by atoms with E-state index in [9.17, 15) is 0 Å². The van der Waals surface area contributed by atoms with Crippen molar-refractivity contribution >= 4 is 0 Å². The van der Waals surface area contributed by atoms with Crippen LogP contribution in [0.15, 0.2) is 30.5 Å². The minimum atomic E-state index is 0.663. The predicted octanol–water partition coefficient (Wildman–Crippen LogP) is 3.47.